The number of hydrogen-bond donors (Lipinski definition) is 1. The van der Waals surface area contributed by atoms with Crippen molar-refractivity contribution in [3.05, 3.63) is 40.9 Å². The molecule has 1 rings (SSSR count). The maximum absolute atomic E-state index is 11.9. The van der Waals surface area contributed by atoms with Crippen LogP contribution in [0.4, 0.5) is 0 Å². The van der Waals surface area contributed by atoms with Crippen molar-refractivity contribution >= 4 is 35.5 Å². The second-order valence-electron chi connectivity index (χ2n) is 5.45. The van der Waals surface area contributed by atoms with Crippen molar-refractivity contribution in [1.29, 1.82) is 0 Å². The average Bonchev–Trinajstić information content (AvgIpc) is 2.61. The third-order valence-corrected chi connectivity index (χ3v) is 3.83. The molecule has 0 fully saturated rings. The number of nitrogens with one attached hydrogen (secondary N) is 1. The predicted molar refractivity (Wildman–Crippen MR) is 94.8 cm³/mol. The lowest BCUT2D eigenvalue weighted by atomic mass is 9.99. The van der Waals surface area contributed by atoms with Crippen molar-refractivity contribution in [3.8, 4) is 0 Å². The van der Waals surface area contributed by atoms with E-state index in [2.05, 4.69) is 10.1 Å². The van der Waals surface area contributed by atoms with Gasteiger partial charge in [-0.05, 0) is 29.7 Å². The van der Waals surface area contributed by atoms with Crippen molar-refractivity contribution in [2.75, 3.05) is 13.7 Å². The van der Waals surface area contributed by atoms with Gasteiger partial charge in [0.25, 0.3) is 5.91 Å². The molecule has 7 heteroatoms. The molecule has 1 N–H and O–H groups in total. The summed E-state index contributed by atoms with van der Waals surface area (Å²) in [5.41, 5.74) is 0.733. The summed E-state index contributed by atoms with van der Waals surface area (Å²) in [5.74, 6) is -1.88. The highest BCUT2D eigenvalue weighted by Crippen LogP contribution is 2.12. The van der Waals surface area contributed by atoms with Gasteiger partial charge in [0.1, 0.15) is 6.04 Å². The summed E-state index contributed by atoms with van der Waals surface area (Å²) < 4.78 is 9.54. The van der Waals surface area contributed by atoms with Crippen LogP contribution >= 0.6 is 11.6 Å². The molecular weight excluding hydrogens is 346 g/mol. The standard InChI is InChI=1S/C18H22ClNO5/c1-4-12(2)17(18(23)24-3)20-15(21)11-25-16(22)9-8-13-6-5-7-14(19)10-13/h5-10,12,17H,4,11H2,1-3H3,(H,20,21)/b9-8+/t12-,17+/m0/s1. The zero-order valence-corrected chi connectivity index (χ0v) is 15.2. The number of methoxy groups -OCH3 is 1. The molecule has 0 aliphatic heterocycles. The molecular formula is C18H22ClNO5. The first kappa shape index (κ1) is 20.7. The zero-order chi connectivity index (χ0) is 18.8. The van der Waals surface area contributed by atoms with E-state index in [1.807, 2.05) is 13.8 Å². The van der Waals surface area contributed by atoms with E-state index in [4.69, 9.17) is 16.3 Å². The fraction of sp³-hybridized carbons (Fsp3) is 0.389. The number of benzene rings is 1. The summed E-state index contributed by atoms with van der Waals surface area (Å²) in [6, 6.07) is 6.16. The molecule has 0 bridgehead atoms. The molecule has 6 nitrogen and oxygen atoms in total. The minimum atomic E-state index is -0.775. The molecule has 0 aliphatic rings. The molecule has 2 atom stereocenters. The summed E-state index contributed by atoms with van der Waals surface area (Å²) in [6.45, 7) is 3.23. The lowest BCUT2D eigenvalue weighted by Crippen LogP contribution is -2.47. The fourth-order valence-corrected chi connectivity index (χ4v) is 2.17. The Morgan fingerprint density at radius 2 is 2.04 bits per heavy atom. The van der Waals surface area contributed by atoms with Crippen molar-refractivity contribution in [2.45, 2.75) is 26.3 Å². The summed E-state index contributed by atoms with van der Waals surface area (Å²) in [5, 5.41) is 3.07. The number of carbonyl (C=O) groups excluding carboxylic acids is 3. The fourth-order valence-electron chi connectivity index (χ4n) is 1.97. The minimum Gasteiger partial charge on any atom is -0.467 e. The van der Waals surface area contributed by atoms with Crippen molar-refractivity contribution in [3.63, 3.8) is 0 Å². The lowest BCUT2D eigenvalue weighted by Gasteiger charge is -2.21. The third-order valence-electron chi connectivity index (χ3n) is 3.59. The van der Waals surface area contributed by atoms with E-state index in [0.717, 1.165) is 5.56 Å². The molecule has 0 radical (unpaired) electrons. The number of carbonyl (C=O) groups is 3. The van der Waals surface area contributed by atoms with Crippen LogP contribution in [0, 0.1) is 5.92 Å². The molecule has 1 amide bonds. The Hall–Kier alpha value is -2.34. The number of rotatable bonds is 8. The van der Waals surface area contributed by atoms with Gasteiger partial charge < -0.3 is 14.8 Å². The van der Waals surface area contributed by atoms with Crippen LogP contribution in [0.2, 0.25) is 5.02 Å². The molecule has 0 aromatic heterocycles. The van der Waals surface area contributed by atoms with E-state index in [1.54, 1.807) is 24.3 Å². The van der Waals surface area contributed by atoms with Crippen LogP contribution < -0.4 is 5.32 Å². The lowest BCUT2D eigenvalue weighted by molar-refractivity contribution is -0.148. The van der Waals surface area contributed by atoms with E-state index in [9.17, 15) is 14.4 Å². The summed E-state index contributed by atoms with van der Waals surface area (Å²) >= 11 is 5.85. The van der Waals surface area contributed by atoms with E-state index < -0.39 is 30.5 Å². The Morgan fingerprint density at radius 3 is 2.64 bits per heavy atom. The Bertz CT molecular complexity index is 644. The molecule has 0 aliphatic carbocycles. The second kappa shape index (κ2) is 10.5. The Morgan fingerprint density at radius 1 is 1.32 bits per heavy atom. The maximum Gasteiger partial charge on any atom is 0.331 e. The Labute approximate surface area is 152 Å². The second-order valence-corrected chi connectivity index (χ2v) is 5.89. The molecule has 0 saturated heterocycles. The van der Waals surface area contributed by atoms with Crippen LogP contribution in [-0.2, 0) is 23.9 Å². The number of hydrogen-bond acceptors (Lipinski definition) is 5. The topological polar surface area (TPSA) is 81.7 Å². The average molecular weight is 368 g/mol. The monoisotopic (exact) mass is 367 g/mol. The molecule has 0 spiro atoms. The highest BCUT2D eigenvalue weighted by Gasteiger charge is 2.26. The van der Waals surface area contributed by atoms with Gasteiger partial charge in [-0.25, -0.2) is 9.59 Å². The quantitative estimate of drug-likeness (QED) is 0.564. The summed E-state index contributed by atoms with van der Waals surface area (Å²) in [7, 11) is 1.25. The minimum absolute atomic E-state index is 0.102. The van der Waals surface area contributed by atoms with Gasteiger partial charge in [0, 0.05) is 11.1 Å². The summed E-state index contributed by atoms with van der Waals surface area (Å²) in [4.78, 5) is 35.2. The van der Waals surface area contributed by atoms with Gasteiger partial charge in [-0.2, -0.15) is 0 Å². The van der Waals surface area contributed by atoms with Crippen LogP contribution in [0.1, 0.15) is 25.8 Å². The van der Waals surface area contributed by atoms with E-state index >= 15 is 0 Å². The first-order valence-electron chi connectivity index (χ1n) is 7.85. The zero-order valence-electron chi connectivity index (χ0n) is 14.5. The number of amides is 1. The highest BCUT2D eigenvalue weighted by atomic mass is 35.5. The largest absolute Gasteiger partial charge is 0.467 e. The van der Waals surface area contributed by atoms with Crippen molar-refractivity contribution in [2.24, 2.45) is 5.92 Å². The van der Waals surface area contributed by atoms with Crippen LogP contribution in [0.15, 0.2) is 30.3 Å². The Kier molecular flexibility index (Phi) is 8.70. The highest BCUT2D eigenvalue weighted by molar-refractivity contribution is 6.30. The molecule has 0 heterocycles. The van der Waals surface area contributed by atoms with Crippen LogP contribution in [0.3, 0.4) is 0 Å². The number of ether oxygens (including phenoxy) is 2. The normalized spacial score (nSPS) is 13.1. The molecule has 25 heavy (non-hydrogen) atoms. The smallest absolute Gasteiger partial charge is 0.331 e. The van der Waals surface area contributed by atoms with Gasteiger partial charge in [0.05, 0.1) is 7.11 Å². The predicted octanol–water partition coefficient (Wildman–Crippen LogP) is 2.60. The van der Waals surface area contributed by atoms with Crippen LogP contribution in [0.5, 0.6) is 0 Å². The van der Waals surface area contributed by atoms with Crippen LogP contribution in [0.25, 0.3) is 6.08 Å². The van der Waals surface area contributed by atoms with Gasteiger partial charge in [-0.3, -0.25) is 4.79 Å². The molecule has 1 aromatic carbocycles. The number of halogens is 1. The van der Waals surface area contributed by atoms with Gasteiger partial charge in [0.2, 0.25) is 0 Å². The maximum atomic E-state index is 11.9. The molecule has 1 aromatic rings. The van der Waals surface area contributed by atoms with Crippen molar-refractivity contribution in [1.82, 2.24) is 5.32 Å². The first-order chi connectivity index (χ1) is 11.9. The van der Waals surface area contributed by atoms with Crippen molar-refractivity contribution < 1.29 is 23.9 Å². The number of esters is 2. The van der Waals surface area contributed by atoms with Crippen LogP contribution in [-0.4, -0.2) is 37.6 Å². The van der Waals surface area contributed by atoms with Gasteiger partial charge in [-0.15, -0.1) is 0 Å². The first-order valence-corrected chi connectivity index (χ1v) is 8.22. The van der Waals surface area contributed by atoms with Gasteiger partial charge in [-0.1, -0.05) is 44.0 Å². The van der Waals surface area contributed by atoms with E-state index in [-0.39, 0.29) is 5.92 Å². The van der Waals surface area contributed by atoms with Gasteiger partial charge >= 0.3 is 11.9 Å². The summed E-state index contributed by atoms with van der Waals surface area (Å²) in [6.07, 6.45) is 3.41. The van der Waals surface area contributed by atoms with E-state index in [1.165, 1.54) is 19.3 Å². The molecule has 0 unspecified atom stereocenters. The SMILES string of the molecule is CC[C@H](C)[C@@H](NC(=O)COC(=O)/C=C/c1cccc(Cl)c1)C(=O)OC. The van der Waals surface area contributed by atoms with Gasteiger partial charge in [0.15, 0.2) is 6.61 Å². The van der Waals surface area contributed by atoms with E-state index in [0.29, 0.717) is 11.4 Å². The third kappa shape index (κ3) is 7.39. The molecule has 0 saturated carbocycles. The Balaban J connectivity index is 2.51. The molecule has 136 valence electrons.